The van der Waals surface area contributed by atoms with Gasteiger partial charge in [-0.3, -0.25) is 4.57 Å². The molecular weight excluding hydrogens is 385 g/mol. The molecule has 0 aliphatic heterocycles. The number of anilines is 1. The number of imidazole rings is 1. The number of hydrogen-bond donors (Lipinski definition) is 1. The van der Waals surface area contributed by atoms with Crippen molar-refractivity contribution in [3.63, 3.8) is 0 Å². The van der Waals surface area contributed by atoms with E-state index in [9.17, 15) is 4.39 Å². The van der Waals surface area contributed by atoms with E-state index < -0.39 is 0 Å². The number of thiophene rings is 1. The molecule has 5 rings (SSSR count). The maximum Gasteiger partial charge on any atom is 0.147 e. The van der Waals surface area contributed by atoms with Gasteiger partial charge >= 0.3 is 0 Å². The molecule has 0 fully saturated rings. The summed E-state index contributed by atoms with van der Waals surface area (Å²) in [4.78, 5) is 15.1. The number of aryl methyl sites for hydroxylation is 1. The third-order valence-corrected chi connectivity index (χ3v) is 5.73. The first-order chi connectivity index (χ1) is 14.1. The molecule has 142 valence electrons. The summed E-state index contributed by atoms with van der Waals surface area (Å²) in [6, 6.07) is 18.5. The Bertz CT molecular complexity index is 1340. The van der Waals surface area contributed by atoms with Crippen LogP contribution in [0.5, 0.6) is 0 Å². The highest BCUT2D eigenvalue weighted by Crippen LogP contribution is 2.40. The highest BCUT2D eigenvalue weighted by Gasteiger charge is 2.21. The largest absolute Gasteiger partial charge is 0.383 e. The van der Waals surface area contributed by atoms with Crippen LogP contribution in [-0.4, -0.2) is 19.5 Å². The van der Waals surface area contributed by atoms with Crippen LogP contribution in [0.1, 0.15) is 5.82 Å². The number of fused-ring (bicyclic) bond motifs is 1. The smallest absolute Gasteiger partial charge is 0.147 e. The fraction of sp³-hybridized carbons (Fsp3) is 0.0455. The Labute approximate surface area is 170 Å². The summed E-state index contributed by atoms with van der Waals surface area (Å²) >= 11 is 1.49. The molecule has 0 atom stereocenters. The molecule has 29 heavy (non-hydrogen) atoms. The number of para-hydroxylation sites is 1. The topological polar surface area (TPSA) is 69.6 Å². The molecule has 0 saturated heterocycles. The van der Waals surface area contributed by atoms with Gasteiger partial charge < -0.3 is 5.73 Å². The molecule has 0 bridgehead atoms. The van der Waals surface area contributed by atoms with Gasteiger partial charge in [0.15, 0.2) is 0 Å². The van der Waals surface area contributed by atoms with Gasteiger partial charge in [-0.1, -0.05) is 42.5 Å². The molecule has 0 unspecified atom stereocenters. The summed E-state index contributed by atoms with van der Waals surface area (Å²) in [6.45, 7) is 1.81. The first-order valence-electron chi connectivity index (χ1n) is 9.03. The fourth-order valence-electron chi connectivity index (χ4n) is 3.39. The second-order valence-corrected chi connectivity index (χ2v) is 7.65. The van der Waals surface area contributed by atoms with Crippen molar-refractivity contribution in [2.75, 3.05) is 5.73 Å². The molecule has 2 aromatic carbocycles. The molecule has 0 saturated carbocycles. The molecule has 2 N–H and O–H groups in total. The Kier molecular flexibility index (Phi) is 4.10. The maximum atomic E-state index is 14.6. The number of halogens is 1. The van der Waals surface area contributed by atoms with Crippen LogP contribution in [0.3, 0.4) is 0 Å². The van der Waals surface area contributed by atoms with Gasteiger partial charge in [0.2, 0.25) is 0 Å². The molecule has 0 radical (unpaired) electrons. The monoisotopic (exact) mass is 401 g/mol. The summed E-state index contributed by atoms with van der Waals surface area (Å²) < 4.78 is 16.4. The fourth-order valence-corrected chi connectivity index (χ4v) is 4.52. The molecule has 0 aliphatic carbocycles. The van der Waals surface area contributed by atoms with Crippen molar-refractivity contribution in [1.82, 2.24) is 19.5 Å². The normalized spacial score (nSPS) is 11.2. The van der Waals surface area contributed by atoms with E-state index in [0.717, 1.165) is 32.0 Å². The highest BCUT2D eigenvalue weighted by molar-refractivity contribution is 7.22. The zero-order valence-corrected chi connectivity index (χ0v) is 16.3. The van der Waals surface area contributed by atoms with Crippen LogP contribution in [-0.2, 0) is 0 Å². The Morgan fingerprint density at radius 2 is 1.76 bits per heavy atom. The lowest BCUT2D eigenvalue weighted by atomic mass is 10.1. The molecule has 0 aliphatic rings. The minimum absolute atomic E-state index is 0.318. The summed E-state index contributed by atoms with van der Waals surface area (Å²) in [6.07, 6.45) is 1.65. The average Bonchev–Trinajstić information content (AvgIpc) is 3.33. The first-order valence-corrected chi connectivity index (χ1v) is 9.85. The predicted molar refractivity (Wildman–Crippen MR) is 115 cm³/mol. The second kappa shape index (κ2) is 6.79. The van der Waals surface area contributed by atoms with Gasteiger partial charge in [0, 0.05) is 5.56 Å². The summed E-state index contributed by atoms with van der Waals surface area (Å²) in [7, 11) is 0. The number of nitrogens with two attached hydrogens (primary N) is 1. The van der Waals surface area contributed by atoms with Crippen molar-refractivity contribution >= 4 is 27.4 Å². The van der Waals surface area contributed by atoms with Crippen molar-refractivity contribution < 1.29 is 4.39 Å². The van der Waals surface area contributed by atoms with E-state index >= 15 is 0 Å². The lowest BCUT2D eigenvalue weighted by molar-refractivity contribution is 0.618. The van der Waals surface area contributed by atoms with Crippen LogP contribution in [0.2, 0.25) is 0 Å². The quantitative estimate of drug-likeness (QED) is 0.449. The van der Waals surface area contributed by atoms with Crippen LogP contribution in [0.15, 0.2) is 67.0 Å². The molecule has 7 heteroatoms. The van der Waals surface area contributed by atoms with Crippen LogP contribution in [0.4, 0.5) is 10.2 Å². The first kappa shape index (κ1) is 17.5. The molecule has 3 heterocycles. The van der Waals surface area contributed by atoms with Crippen molar-refractivity contribution in [3.8, 4) is 27.5 Å². The third-order valence-electron chi connectivity index (χ3n) is 4.69. The van der Waals surface area contributed by atoms with Gasteiger partial charge in [-0.15, -0.1) is 11.3 Å². The van der Waals surface area contributed by atoms with Crippen LogP contribution < -0.4 is 5.73 Å². The van der Waals surface area contributed by atoms with E-state index in [1.807, 2.05) is 49.4 Å². The SMILES string of the molecule is Cc1nc(N)c2cc(-c3c(-c4ccccc4)ncn3-c3ccccc3F)sc2n1. The minimum Gasteiger partial charge on any atom is -0.383 e. The highest BCUT2D eigenvalue weighted by atomic mass is 32.1. The number of rotatable bonds is 3. The van der Waals surface area contributed by atoms with Crippen molar-refractivity contribution in [3.05, 3.63) is 78.6 Å². The molecule has 0 amide bonds. The number of nitrogen functional groups attached to an aromatic ring is 1. The van der Waals surface area contributed by atoms with Gasteiger partial charge in [-0.25, -0.2) is 19.3 Å². The molecule has 0 spiro atoms. The predicted octanol–water partition coefficient (Wildman–Crippen LogP) is 5.24. The van der Waals surface area contributed by atoms with Gasteiger partial charge in [0.25, 0.3) is 0 Å². The van der Waals surface area contributed by atoms with Crippen LogP contribution in [0, 0.1) is 12.7 Å². The van der Waals surface area contributed by atoms with E-state index in [2.05, 4.69) is 15.0 Å². The van der Waals surface area contributed by atoms with E-state index in [4.69, 9.17) is 5.73 Å². The number of hydrogen-bond acceptors (Lipinski definition) is 5. The Morgan fingerprint density at radius 3 is 2.55 bits per heavy atom. The van der Waals surface area contributed by atoms with E-state index in [0.29, 0.717) is 17.3 Å². The van der Waals surface area contributed by atoms with E-state index in [-0.39, 0.29) is 5.82 Å². The van der Waals surface area contributed by atoms with Crippen molar-refractivity contribution in [2.24, 2.45) is 0 Å². The number of benzene rings is 2. The Balaban J connectivity index is 1.81. The van der Waals surface area contributed by atoms with Gasteiger partial charge in [0.05, 0.1) is 27.3 Å². The minimum atomic E-state index is -0.318. The molecule has 5 nitrogen and oxygen atoms in total. The van der Waals surface area contributed by atoms with Crippen LogP contribution in [0.25, 0.3) is 37.7 Å². The van der Waals surface area contributed by atoms with E-state index in [1.54, 1.807) is 23.0 Å². The molecule has 5 aromatic rings. The van der Waals surface area contributed by atoms with E-state index in [1.165, 1.54) is 17.4 Å². The van der Waals surface area contributed by atoms with Gasteiger partial charge in [0.1, 0.15) is 28.6 Å². The summed E-state index contributed by atoms with van der Waals surface area (Å²) in [5.41, 5.74) is 9.06. The summed E-state index contributed by atoms with van der Waals surface area (Å²) in [5.74, 6) is 0.740. The molecule has 3 aromatic heterocycles. The summed E-state index contributed by atoms with van der Waals surface area (Å²) in [5, 5.41) is 0.788. The zero-order chi connectivity index (χ0) is 20.0. The number of nitrogens with zero attached hydrogens (tertiary/aromatic N) is 4. The lowest BCUT2D eigenvalue weighted by Crippen LogP contribution is -1.98. The van der Waals surface area contributed by atoms with Crippen molar-refractivity contribution in [2.45, 2.75) is 6.92 Å². The number of aromatic nitrogens is 4. The maximum absolute atomic E-state index is 14.6. The zero-order valence-electron chi connectivity index (χ0n) is 15.5. The van der Waals surface area contributed by atoms with Crippen LogP contribution >= 0.6 is 11.3 Å². The van der Waals surface area contributed by atoms with Crippen molar-refractivity contribution in [1.29, 1.82) is 0 Å². The van der Waals surface area contributed by atoms with Gasteiger partial charge in [-0.05, 0) is 25.1 Å². The Morgan fingerprint density at radius 1 is 1.00 bits per heavy atom. The molecular formula is C22H16FN5S. The lowest BCUT2D eigenvalue weighted by Gasteiger charge is -2.10. The van der Waals surface area contributed by atoms with Gasteiger partial charge in [-0.2, -0.15) is 0 Å². The Hall–Kier alpha value is -3.58. The second-order valence-electron chi connectivity index (χ2n) is 6.61. The third kappa shape index (κ3) is 2.96. The average molecular weight is 401 g/mol. The standard InChI is InChI=1S/C22H16FN5S/c1-13-26-21(24)15-11-18(29-22(15)27-13)20-19(14-7-3-2-4-8-14)25-12-28(20)17-10-6-5-9-16(17)23/h2-12H,1H3,(H2,24,26,27).